The van der Waals surface area contributed by atoms with Gasteiger partial charge in [0, 0.05) is 21.2 Å². The van der Waals surface area contributed by atoms with Gasteiger partial charge in [0.05, 0.1) is 13.2 Å². The molecular weight excluding hydrogens is 236 g/mol. The Morgan fingerprint density at radius 3 is 2.53 bits per heavy atom. The first-order valence-corrected chi connectivity index (χ1v) is 9.88. The standard InChI is InChI=1S/C11H26N2O3Si/c1-17(2,3)10-9-16-11(15)13-6-4-5-12-7-8-14/h12,14H,4-10H2,1-3H3,(H,13,15). The number of aliphatic hydroxyl groups is 1. The first-order valence-electron chi connectivity index (χ1n) is 6.18. The molecule has 0 atom stereocenters. The van der Waals surface area contributed by atoms with Crippen LogP contribution in [-0.2, 0) is 4.74 Å². The molecule has 0 saturated heterocycles. The average Bonchev–Trinajstić information content (AvgIpc) is 2.21. The van der Waals surface area contributed by atoms with Crippen LogP contribution in [0, 0.1) is 0 Å². The van der Waals surface area contributed by atoms with E-state index in [1.165, 1.54) is 0 Å². The van der Waals surface area contributed by atoms with Crippen molar-refractivity contribution in [2.75, 3.05) is 32.8 Å². The molecule has 0 unspecified atom stereocenters. The Morgan fingerprint density at radius 1 is 1.24 bits per heavy atom. The van der Waals surface area contributed by atoms with Crippen molar-refractivity contribution in [3.05, 3.63) is 0 Å². The summed E-state index contributed by atoms with van der Waals surface area (Å²) in [5, 5.41) is 14.3. The molecule has 1 amide bonds. The maximum absolute atomic E-state index is 11.2. The van der Waals surface area contributed by atoms with Gasteiger partial charge in [0.25, 0.3) is 0 Å². The highest BCUT2D eigenvalue weighted by atomic mass is 28.3. The SMILES string of the molecule is C[Si](C)(C)CCOC(=O)NCCCNCCO. The van der Waals surface area contributed by atoms with E-state index in [1.807, 2.05) is 0 Å². The molecule has 0 aromatic heterocycles. The fourth-order valence-corrected chi connectivity index (χ4v) is 1.82. The summed E-state index contributed by atoms with van der Waals surface area (Å²) in [6, 6.07) is 0.998. The molecule has 0 aliphatic carbocycles. The maximum atomic E-state index is 11.2. The van der Waals surface area contributed by atoms with E-state index < -0.39 is 8.07 Å². The third kappa shape index (κ3) is 13.3. The summed E-state index contributed by atoms with van der Waals surface area (Å²) in [4.78, 5) is 11.2. The number of alkyl carbamates (subject to hydrolysis) is 1. The Labute approximate surface area is 105 Å². The Morgan fingerprint density at radius 2 is 1.94 bits per heavy atom. The van der Waals surface area contributed by atoms with E-state index in [2.05, 4.69) is 30.3 Å². The van der Waals surface area contributed by atoms with E-state index >= 15 is 0 Å². The van der Waals surface area contributed by atoms with E-state index in [-0.39, 0.29) is 12.7 Å². The number of carbonyl (C=O) groups is 1. The number of ether oxygens (including phenoxy) is 1. The molecule has 0 aromatic carbocycles. The van der Waals surface area contributed by atoms with Crippen LogP contribution in [-0.4, -0.2) is 52.1 Å². The summed E-state index contributed by atoms with van der Waals surface area (Å²) in [6.45, 7) is 9.40. The molecule has 3 N–H and O–H groups in total. The normalized spacial score (nSPS) is 11.3. The van der Waals surface area contributed by atoms with Gasteiger partial charge >= 0.3 is 6.09 Å². The lowest BCUT2D eigenvalue weighted by molar-refractivity contribution is 0.151. The van der Waals surface area contributed by atoms with E-state index in [1.54, 1.807) is 0 Å². The highest BCUT2D eigenvalue weighted by Crippen LogP contribution is 2.07. The number of aliphatic hydroxyl groups excluding tert-OH is 1. The molecule has 0 bridgehead atoms. The Kier molecular flexibility index (Phi) is 9.11. The van der Waals surface area contributed by atoms with Crippen LogP contribution in [0.1, 0.15) is 6.42 Å². The van der Waals surface area contributed by atoms with Gasteiger partial charge in [-0.2, -0.15) is 0 Å². The summed E-state index contributed by atoms with van der Waals surface area (Å²) in [7, 11) is -1.12. The fourth-order valence-electron chi connectivity index (χ4n) is 1.11. The van der Waals surface area contributed by atoms with Crippen LogP contribution in [0.25, 0.3) is 0 Å². The molecule has 0 radical (unpaired) electrons. The predicted octanol–water partition coefficient (Wildman–Crippen LogP) is 1.02. The summed E-state index contributed by atoms with van der Waals surface area (Å²) >= 11 is 0. The largest absolute Gasteiger partial charge is 0.450 e. The lowest BCUT2D eigenvalue weighted by atomic mass is 10.4. The van der Waals surface area contributed by atoms with Gasteiger partial charge < -0.3 is 20.5 Å². The summed E-state index contributed by atoms with van der Waals surface area (Å²) < 4.78 is 5.07. The molecule has 5 nitrogen and oxygen atoms in total. The number of hydrogen-bond acceptors (Lipinski definition) is 4. The average molecular weight is 262 g/mol. The van der Waals surface area contributed by atoms with Crippen LogP contribution in [0.5, 0.6) is 0 Å². The van der Waals surface area contributed by atoms with Gasteiger partial charge in [-0.25, -0.2) is 4.79 Å². The number of hydrogen-bond donors (Lipinski definition) is 3. The summed E-state index contributed by atoms with van der Waals surface area (Å²) in [5.41, 5.74) is 0. The molecule has 6 heteroatoms. The van der Waals surface area contributed by atoms with Crippen LogP contribution in [0.15, 0.2) is 0 Å². The third-order valence-corrected chi connectivity index (χ3v) is 3.88. The van der Waals surface area contributed by atoms with Crippen LogP contribution >= 0.6 is 0 Å². The van der Waals surface area contributed by atoms with Gasteiger partial charge in [-0.05, 0) is 19.0 Å². The Balaban J connectivity index is 3.29. The lowest BCUT2D eigenvalue weighted by Gasteiger charge is -2.15. The lowest BCUT2D eigenvalue weighted by Crippen LogP contribution is -2.30. The molecule has 0 heterocycles. The van der Waals surface area contributed by atoms with Crippen molar-refractivity contribution in [2.24, 2.45) is 0 Å². The van der Waals surface area contributed by atoms with Gasteiger partial charge in [-0.15, -0.1) is 0 Å². The van der Waals surface area contributed by atoms with Gasteiger partial charge in [0.1, 0.15) is 0 Å². The molecule has 17 heavy (non-hydrogen) atoms. The maximum Gasteiger partial charge on any atom is 0.407 e. The van der Waals surface area contributed by atoms with Crippen LogP contribution in [0.4, 0.5) is 4.79 Å². The van der Waals surface area contributed by atoms with Gasteiger partial charge in [0.2, 0.25) is 0 Å². The van der Waals surface area contributed by atoms with Crippen LogP contribution in [0.3, 0.4) is 0 Å². The number of amides is 1. The van der Waals surface area contributed by atoms with Crippen LogP contribution < -0.4 is 10.6 Å². The molecule has 0 spiro atoms. The third-order valence-electron chi connectivity index (χ3n) is 2.17. The van der Waals surface area contributed by atoms with E-state index in [4.69, 9.17) is 9.84 Å². The Hall–Kier alpha value is -0.593. The minimum Gasteiger partial charge on any atom is -0.450 e. The zero-order valence-electron chi connectivity index (χ0n) is 11.2. The smallest absolute Gasteiger partial charge is 0.407 e. The van der Waals surface area contributed by atoms with Crippen molar-refractivity contribution in [2.45, 2.75) is 32.1 Å². The van der Waals surface area contributed by atoms with Crippen molar-refractivity contribution >= 4 is 14.2 Å². The van der Waals surface area contributed by atoms with E-state index in [0.29, 0.717) is 19.7 Å². The topological polar surface area (TPSA) is 70.6 Å². The second-order valence-electron chi connectivity index (χ2n) is 5.20. The summed E-state index contributed by atoms with van der Waals surface area (Å²) in [5.74, 6) is 0. The predicted molar refractivity (Wildman–Crippen MR) is 72.1 cm³/mol. The fraction of sp³-hybridized carbons (Fsp3) is 0.909. The molecule has 102 valence electrons. The molecule has 0 aromatic rings. The van der Waals surface area contributed by atoms with Gasteiger partial charge in [-0.3, -0.25) is 0 Å². The first kappa shape index (κ1) is 16.4. The molecule has 0 aliphatic rings. The molecule has 0 aliphatic heterocycles. The van der Waals surface area contributed by atoms with Crippen LogP contribution in [0.2, 0.25) is 25.7 Å². The van der Waals surface area contributed by atoms with Crippen molar-refractivity contribution < 1.29 is 14.6 Å². The number of carbonyl (C=O) groups excluding carboxylic acids is 1. The highest BCUT2D eigenvalue weighted by molar-refractivity contribution is 6.76. The summed E-state index contributed by atoms with van der Waals surface area (Å²) in [6.07, 6.45) is 0.508. The second-order valence-corrected chi connectivity index (χ2v) is 10.8. The number of nitrogens with one attached hydrogen (secondary N) is 2. The highest BCUT2D eigenvalue weighted by Gasteiger charge is 2.13. The van der Waals surface area contributed by atoms with E-state index in [0.717, 1.165) is 19.0 Å². The minimum atomic E-state index is -1.12. The van der Waals surface area contributed by atoms with E-state index in [9.17, 15) is 4.79 Å². The van der Waals surface area contributed by atoms with Crippen molar-refractivity contribution in [3.8, 4) is 0 Å². The molecular formula is C11H26N2O3Si. The molecule has 0 fully saturated rings. The van der Waals surface area contributed by atoms with Crippen molar-refractivity contribution in [3.63, 3.8) is 0 Å². The monoisotopic (exact) mass is 262 g/mol. The zero-order chi connectivity index (χ0) is 13.1. The molecule has 0 saturated carbocycles. The number of rotatable bonds is 9. The molecule has 0 rings (SSSR count). The second kappa shape index (κ2) is 9.44. The van der Waals surface area contributed by atoms with Gasteiger partial charge in [-0.1, -0.05) is 19.6 Å². The quantitative estimate of drug-likeness (QED) is 0.429. The first-order chi connectivity index (χ1) is 7.95. The van der Waals surface area contributed by atoms with Crippen molar-refractivity contribution in [1.29, 1.82) is 0 Å². The van der Waals surface area contributed by atoms with Gasteiger partial charge in [0.15, 0.2) is 0 Å². The van der Waals surface area contributed by atoms with Crippen molar-refractivity contribution in [1.82, 2.24) is 10.6 Å². The Bertz CT molecular complexity index is 207. The zero-order valence-corrected chi connectivity index (χ0v) is 12.2. The minimum absolute atomic E-state index is 0.145.